The van der Waals surface area contributed by atoms with E-state index in [1.54, 1.807) is 24.3 Å². The van der Waals surface area contributed by atoms with Crippen LogP contribution in [0.1, 0.15) is 10.4 Å². The number of halogens is 2. The van der Waals surface area contributed by atoms with Gasteiger partial charge < -0.3 is 10.5 Å². The average molecular weight is 413 g/mol. The molecule has 0 aliphatic heterocycles. The van der Waals surface area contributed by atoms with Gasteiger partial charge in [-0.1, -0.05) is 31.9 Å². The maximum Gasteiger partial charge on any atom is 0.239 e. The minimum Gasteiger partial charge on any atom is -0.457 e. The standard InChI is InChI=1S/C15H11Br2NO3/c16-10-3-7-12(8-4-10)21-11-5-1-9(2-6-11)14(19)13(17)15(18)20/h1-8,13H,(H2,18,20). The molecular formula is C15H11Br2NO3. The van der Waals surface area contributed by atoms with Crippen molar-refractivity contribution in [2.24, 2.45) is 5.73 Å². The van der Waals surface area contributed by atoms with E-state index in [-0.39, 0.29) is 5.78 Å². The monoisotopic (exact) mass is 411 g/mol. The van der Waals surface area contributed by atoms with Crippen LogP contribution in [-0.2, 0) is 4.79 Å². The smallest absolute Gasteiger partial charge is 0.239 e. The second-order valence-electron chi connectivity index (χ2n) is 4.21. The van der Waals surface area contributed by atoms with E-state index in [0.29, 0.717) is 17.1 Å². The molecule has 0 aliphatic rings. The van der Waals surface area contributed by atoms with Crippen molar-refractivity contribution in [2.75, 3.05) is 0 Å². The quantitative estimate of drug-likeness (QED) is 0.462. The van der Waals surface area contributed by atoms with E-state index in [9.17, 15) is 9.59 Å². The molecule has 2 N–H and O–H groups in total. The Morgan fingerprint density at radius 2 is 1.43 bits per heavy atom. The SMILES string of the molecule is NC(=O)C(Br)C(=O)c1ccc(Oc2ccc(Br)cc2)cc1. The number of primary amides is 1. The van der Waals surface area contributed by atoms with Crippen molar-refractivity contribution in [3.05, 3.63) is 58.6 Å². The molecule has 1 atom stereocenters. The lowest BCUT2D eigenvalue weighted by atomic mass is 10.1. The molecule has 0 spiro atoms. The molecule has 0 aromatic heterocycles. The van der Waals surface area contributed by atoms with Gasteiger partial charge >= 0.3 is 0 Å². The fourth-order valence-electron chi connectivity index (χ4n) is 1.60. The third-order valence-corrected chi connectivity index (χ3v) is 4.06. The summed E-state index contributed by atoms with van der Waals surface area (Å²) in [4.78, 5) is 21.9. The number of hydrogen-bond donors (Lipinski definition) is 1. The van der Waals surface area contributed by atoms with Gasteiger partial charge in [0.2, 0.25) is 5.91 Å². The first-order valence-corrected chi connectivity index (χ1v) is 7.69. The summed E-state index contributed by atoms with van der Waals surface area (Å²) in [6, 6.07) is 13.9. The van der Waals surface area contributed by atoms with Crippen LogP contribution in [0.2, 0.25) is 0 Å². The molecule has 0 bridgehead atoms. The number of alkyl halides is 1. The van der Waals surface area contributed by atoms with Gasteiger partial charge in [-0.05, 0) is 48.5 Å². The summed E-state index contributed by atoms with van der Waals surface area (Å²) in [7, 11) is 0. The molecule has 6 heteroatoms. The van der Waals surface area contributed by atoms with E-state index in [4.69, 9.17) is 10.5 Å². The Kier molecular flexibility index (Phi) is 5.14. The van der Waals surface area contributed by atoms with E-state index in [1.165, 1.54) is 0 Å². The topological polar surface area (TPSA) is 69.4 Å². The molecule has 0 saturated heterocycles. The number of ether oxygens (including phenoxy) is 1. The summed E-state index contributed by atoms with van der Waals surface area (Å²) in [6.07, 6.45) is 0. The molecule has 1 unspecified atom stereocenters. The summed E-state index contributed by atoms with van der Waals surface area (Å²) < 4.78 is 6.60. The normalized spacial score (nSPS) is 11.7. The number of amides is 1. The van der Waals surface area contributed by atoms with Gasteiger partial charge in [0.25, 0.3) is 0 Å². The molecular weight excluding hydrogens is 402 g/mol. The zero-order valence-electron chi connectivity index (χ0n) is 10.8. The van der Waals surface area contributed by atoms with Crippen LogP contribution in [0.4, 0.5) is 0 Å². The Morgan fingerprint density at radius 1 is 0.952 bits per heavy atom. The van der Waals surface area contributed by atoms with Crippen LogP contribution in [0.25, 0.3) is 0 Å². The summed E-state index contributed by atoms with van der Waals surface area (Å²) in [5.41, 5.74) is 5.47. The minimum absolute atomic E-state index is 0.377. The molecule has 2 aromatic rings. The van der Waals surface area contributed by atoms with Gasteiger partial charge in [0.15, 0.2) is 10.6 Å². The van der Waals surface area contributed by atoms with Crippen molar-refractivity contribution in [3.8, 4) is 11.5 Å². The summed E-state index contributed by atoms with van der Waals surface area (Å²) in [5, 5.41) is 0. The number of carbonyl (C=O) groups is 2. The summed E-state index contributed by atoms with van der Waals surface area (Å²) in [6.45, 7) is 0. The Hall–Kier alpha value is -1.66. The zero-order valence-corrected chi connectivity index (χ0v) is 13.9. The first-order valence-electron chi connectivity index (χ1n) is 5.98. The van der Waals surface area contributed by atoms with Crippen LogP contribution in [0, 0.1) is 0 Å². The third-order valence-electron chi connectivity index (χ3n) is 2.67. The second-order valence-corrected chi connectivity index (χ2v) is 6.04. The highest BCUT2D eigenvalue weighted by Gasteiger charge is 2.22. The highest BCUT2D eigenvalue weighted by Crippen LogP contribution is 2.24. The van der Waals surface area contributed by atoms with Crippen LogP contribution in [0.15, 0.2) is 53.0 Å². The third kappa shape index (κ3) is 4.15. The van der Waals surface area contributed by atoms with Crippen molar-refractivity contribution in [1.29, 1.82) is 0 Å². The Morgan fingerprint density at radius 3 is 1.90 bits per heavy atom. The number of nitrogens with two attached hydrogens (primary N) is 1. The molecule has 2 aromatic carbocycles. The number of benzene rings is 2. The molecule has 0 fully saturated rings. The highest BCUT2D eigenvalue weighted by molar-refractivity contribution is 9.10. The fourth-order valence-corrected chi connectivity index (χ4v) is 2.13. The second kappa shape index (κ2) is 6.87. The molecule has 0 radical (unpaired) electrons. The fraction of sp³-hybridized carbons (Fsp3) is 0.0667. The first-order chi connectivity index (χ1) is 9.97. The Labute approximate surface area is 138 Å². The zero-order chi connectivity index (χ0) is 15.4. The van der Waals surface area contributed by atoms with E-state index in [0.717, 1.165) is 4.47 Å². The van der Waals surface area contributed by atoms with Crippen molar-refractivity contribution in [3.63, 3.8) is 0 Å². The summed E-state index contributed by atoms with van der Waals surface area (Å²) in [5.74, 6) is 0.194. The van der Waals surface area contributed by atoms with E-state index in [1.807, 2.05) is 24.3 Å². The molecule has 0 saturated carbocycles. The van der Waals surface area contributed by atoms with Crippen LogP contribution in [0.5, 0.6) is 11.5 Å². The van der Waals surface area contributed by atoms with Gasteiger partial charge in [-0.15, -0.1) is 0 Å². The molecule has 4 nitrogen and oxygen atoms in total. The van der Waals surface area contributed by atoms with Crippen molar-refractivity contribution < 1.29 is 14.3 Å². The largest absolute Gasteiger partial charge is 0.457 e. The average Bonchev–Trinajstić information content (AvgIpc) is 2.49. The lowest BCUT2D eigenvalue weighted by Gasteiger charge is -2.08. The molecule has 0 heterocycles. The molecule has 1 amide bonds. The number of carbonyl (C=O) groups excluding carboxylic acids is 2. The van der Waals surface area contributed by atoms with Gasteiger partial charge in [-0.25, -0.2) is 0 Å². The molecule has 21 heavy (non-hydrogen) atoms. The van der Waals surface area contributed by atoms with Crippen LogP contribution < -0.4 is 10.5 Å². The van der Waals surface area contributed by atoms with Gasteiger partial charge in [0, 0.05) is 10.0 Å². The number of Topliss-reactive ketones (excluding diaryl/α,β-unsaturated/α-hetero) is 1. The minimum atomic E-state index is -1.02. The summed E-state index contributed by atoms with van der Waals surface area (Å²) >= 11 is 6.31. The van der Waals surface area contributed by atoms with Crippen molar-refractivity contribution in [2.45, 2.75) is 4.83 Å². The van der Waals surface area contributed by atoms with Crippen LogP contribution >= 0.6 is 31.9 Å². The lowest BCUT2D eigenvalue weighted by Crippen LogP contribution is -2.30. The lowest BCUT2D eigenvalue weighted by molar-refractivity contribution is -0.116. The number of hydrogen-bond acceptors (Lipinski definition) is 3. The molecule has 108 valence electrons. The number of ketones is 1. The maximum absolute atomic E-state index is 11.9. The van der Waals surface area contributed by atoms with Gasteiger partial charge in [-0.3, -0.25) is 9.59 Å². The van der Waals surface area contributed by atoms with Gasteiger partial charge in [0.05, 0.1) is 0 Å². The number of rotatable bonds is 5. The maximum atomic E-state index is 11.9. The van der Waals surface area contributed by atoms with Gasteiger partial charge in [0.1, 0.15) is 11.5 Å². The van der Waals surface area contributed by atoms with Crippen molar-refractivity contribution >= 4 is 43.6 Å². The first kappa shape index (κ1) is 15.7. The predicted octanol–water partition coefficient (Wildman–Crippen LogP) is 3.67. The van der Waals surface area contributed by atoms with Crippen molar-refractivity contribution in [1.82, 2.24) is 0 Å². The van der Waals surface area contributed by atoms with Gasteiger partial charge in [-0.2, -0.15) is 0 Å². The predicted molar refractivity (Wildman–Crippen MR) is 86.9 cm³/mol. The van der Waals surface area contributed by atoms with E-state index >= 15 is 0 Å². The van der Waals surface area contributed by atoms with Crippen LogP contribution in [-0.4, -0.2) is 16.5 Å². The Balaban J connectivity index is 2.10. The van der Waals surface area contributed by atoms with E-state index in [2.05, 4.69) is 31.9 Å². The molecule has 0 aliphatic carbocycles. The van der Waals surface area contributed by atoms with Crippen LogP contribution in [0.3, 0.4) is 0 Å². The highest BCUT2D eigenvalue weighted by atomic mass is 79.9. The molecule has 2 rings (SSSR count). The van der Waals surface area contributed by atoms with E-state index < -0.39 is 10.7 Å². The Bertz CT molecular complexity index is 654.